The van der Waals surface area contributed by atoms with E-state index in [1.54, 1.807) is 0 Å². The van der Waals surface area contributed by atoms with Crippen LogP contribution in [0.15, 0.2) is 0 Å². The summed E-state index contributed by atoms with van der Waals surface area (Å²) in [6.07, 6.45) is 0. The average Bonchev–Trinajstić information content (AvgIpc) is 2.16. The Morgan fingerprint density at radius 3 is 2.36 bits per heavy atom. The topological polar surface area (TPSA) is 27.3 Å². The first kappa shape index (κ1) is 12.0. The second-order valence-corrected chi connectivity index (χ2v) is 5.09. The third kappa shape index (κ3) is 3.56. The van der Waals surface area contributed by atoms with E-state index in [9.17, 15) is 0 Å². The van der Waals surface area contributed by atoms with Crippen molar-refractivity contribution in [2.75, 3.05) is 32.7 Å². The maximum atomic E-state index is 3.52. The molecule has 0 unspecified atom stereocenters. The van der Waals surface area contributed by atoms with E-state index in [4.69, 9.17) is 0 Å². The third-order valence-corrected chi connectivity index (χ3v) is 2.92. The highest BCUT2D eigenvalue weighted by Crippen LogP contribution is 2.13. The van der Waals surface area contributed by atoms with Crippen molar-refractivity contribution in [2.45, 2.75) is 39.3 Å². The van der Waals surface area contributed by atoms with E-state index in [0.717, 1.165) is 19.6 Å². The second-order valence-electron chi connectivity index (χ2n) is 5.09. The summed E-state index contributed by atoms with van der Waals surface area (Å²) in [6, 6.07) is 0.581. The molecular weight excluding hydrogens is 174 g/mol. The SMILES string of the molecule is CC(C)NCC(C)(C)N1CCNCC1. The van der Waals surface area contributed by atoms with Crippen LogP contribution in [0.1, 0.15) is 27.7 Å². The van der Waals surface area contributed by atoms with Crippen LogP contribution in [0.25, 0.3) is 0 Å². The van der Waals surface area contributed by atoms with Gasteiger partial charge < -0.3 is 10.6 Å². The summed E-state index contributed by atoms with van der Waals surface area (Å²) in [5, 5.41) is 6.91. The quantitative estimate of drug-likeness (QED) is 0.697. The minimum Gasteiger partial charge on any atom is -0.314 e. The number of hydrogen-bond donors (Lipinski definition) is 2. The van der Waals surface area contributed by atoms with E-state index >= 15 is 0 Å². The highest BCUT2D eigenvalue weighted by atomic mass is 15.2. The molecule has 2 N–H and O–H groups in total. The summed E-state index contributed by atoms with van der Waals surface area (Å²) in [4.78, 5) is 2.57. The van der Waals surface area contributed by atoms with Crippen molar-refractivity contribution < 1.29 is 0 Å². The van der Waals surface area contributed by atoms with Crippen molar-refractivity contribution in [3.8, 4) is 0 Å². The highest BCUT2D eigenvalue weighted by molar-refractivity contribution is 4.86. The van der Waals surface area contributed by atoms with Crippen LogP contribution in [0.5, 0.6) is 0 Å². The normalized spacial score (nSPS) is 20.4. The number of nitrogens with one attached hydrogen (secondary N) is 2. The first-order valence-corrected chi connectivity index (χ1v) is 5.71. The molecule has 3 heteroatoms. The Bertz CT molecular complexity index is 160. The second kappa shape index (κ2) is 5.10. The fourth-order valence-corrected chi connectivity index (χ4v) is 1.84. The zero-order chi connectivity index (χ0) is 10.6. The molecule has 0 aromatic carbocycles. The summed E-state index contributed by atoms with van der Waals surface area (Å²) in [5.41, 5.74) is 0.284. The summed E-state index contributed by atoms with van der Waals surface area (Å²) in [5.74, 6) is 0. The van der Waals surface area contributed by atoms with Gasteiger partial charge in [0.05, 0.1) is 0 Å². The molecule has 1 aliphatic heterocycles. The van der Waals surface area contributed by atoms with Crippen molar-refractivity contribution >= 4 is 0 Å². The van der Waals surface area contributed by atoms with E-state index in [-0.39, 0.29) is 5.54 Å². The lowest BCUT2D eigenvalue weighted by Gasteiger charge is -2.41. The first-order chi connectivity index (χ1) is 6.52. The lowest BCUT2D eigenvalue weighted by Crippen LogP contribution is -2.57. The van der Waals surface area contributed by atoms with Crippen LogP contribution in [0, 0.1) is 0 Å². The van der Waals surface area contributed by atoms with E-state index in [1.807, 2.05) is 0 Å². The van der Waals surface area contributed by atoms with Gasteiger partial charge in [-0.15, -0.1) is 0 Å². The maximum absolute atomic E-state index is 3.52. The molecule has 1 aliphatic rings. The standard InChI is InChI=1S/C11H25N3/c1-10(2)13-9-11(3,4)14-7-5-12-6-8-14/h10,12-13H,5-9H2,1-4H3. The minimum atomic E-state index is 0.284. The summed E-state index contributed by atoms with van der Waals surface area (Å²) in [7, 11) is 0. The van der Waals surface area contributed by atoms with Crippen LogP contribution in [-0.2, 0) is 0 Å². The number of hydrogen-bond acceptors (Lipinski definition) is 3. The van der Waals surface area contributed by atoms with Gasteiger partial charge in [-0.05, 0) is 13.8 Å². The Morgan fingerprint density at radius 1 is 1.29 bits per heavy atom. The van der Waals surface area contributed by atoms with Crippen LogP contribution in [0.4, 0.5) is 0 Å². The summed E-state index contributed by atoms with van der Waals surface area (Å²) in [6.45, 7) is 14.7. The van der Waals surface area contributed by atoms with E-state index in [1.165, 1.54) is 13.1 Å². The van der Waals surface area contributed by atoms with Crippen LogP contribution < -0.4 is 10.6 Å². The van der Waals surface area contributed by atoms with Gasteiger partial charge in [-0.25, -0.2) is 0 Å². The smallest absolute Gasteiger partial charge is 0.0278 e. The molecule has 1 heterocycles. The molecule has 84 valence electrons. The van der Waals surface area contributed by atoms with Gasteiger partial charge in [-0.1, -0.05) is 13.8 Å². The summed E-state index contributed by atoms with van der Waals surface area (Å²) < 4.78 is 0. The molecule has 1 rings (SSSR count). The molecule has 3 nitrogen and oxygen atoms in total. The van der Waals surface area contributed by atoms with Crippen LogP contribution in [0.2, 0.25) is 0 Å². The predicted molar refractivity (Wildman–Crippen MR) is 61.7 cm³/mol. The largest absolute Gasteiger partial charge is 0.314 e. The molecule has 0 spiro atoms. The lowest BCUT2D eigenvalue weighted by atomic mass is 10.0. The van der Waals surface area contributed by atoms with E-state index in [0.29, 0.717) is 6.04 Å². The molecule has 1 saturated heterocycles. The van der Waals surface area contributed by atoms with Gasteiger partial charge in [0.25, 0.3) is 0 Å². The zero-order valence-corrected chi connectivity index (χ0v) is 10.1. The van der Waals surface area contributed by atoms with Gasteiger partial charge in [0.15, 0.2) is 0 Å². The fraction of sp³-hybridized carbons (Fsp3) is 1.00. The van der Waals surface area contributed by atoms with Gasteiger partial charge in [0.2, 0.25) is 0 Å². The van der Waals surface area contributed by atoms with Crippen LogP contribution in [0.3, 0.4) is 0 Å². The number of piperazine rings is 1. The maximum Gasteiger partial charge on any atom is 0.0278 e. The Hall–Kier alpha value is -0.120. The van der Waals surface area contributed by atoms with Crippen molar-refractivity contribution in [2.24, 2.45) is 0 Å². The molecule has 0 aromatic rings. The Morgan fingerprint density at radius 2 is 1.86 bits per heavy atom. The van der Waals surface area contributed by atoms with Gasteiger partial charge in [0.1, 0.15) is 0 Å². The van der Waals surface area contributed by atoms with Crippen molar-refractivity contribution in [1.29, 1.82) is 0 Å². The molecule has 0 bridgehead atoms. The molecule has 0 aromatic heterocycles. The van der Waals surface area contributed by atoms with Crippen LogP contribution >= 0.6 is 0 Å². The number of nitrogens with zero attached hydrogens (tertiary/aromatic N) is 1. The van der Waals surface area contributed by atoms with Gasteiger partial charge in [-0.2, -0.15) is 0 Å². The minimum absolute atomic E-state index is 0.284. The van der Waals surface area contributed by atoms with Gasteiger partial charge >= 0.3 is 0 Å². The van der Waals surface area contributed by atoms with E-state index in [2.05, 4.69) is 43.2 Å². The predicted octanol–water partition coefficient (Wildman–Crippen LogP) is 0.668. The molecule has 14 heavy (non-hydrogen) atoms. The zero-order valence-electron chi connectivity index (χ0n) is 10.1. The van der Waals surface area contributed by atoms with Crippen molar-refractivity contribution in [3.05, 3.63) is 0 Å². The highest BCUT2D eigenvalue weighted by Gasteiger charge is 2.27. The molecule has 1 fully saturated rings. The monoisotopic (exact) mass is 199 g/mol. The third-order valence-electron chi connectivity index (χ3n) is 2.92. The van der Waals surface area contributed by atoms with Gasteiger partial charge in [0, 0.05) is 44.3 Å². The molecular formula is C11H25N3. The lowest BCUT2D eigenvalue weighted by molar-refractivity contribution is 0.100. The molecule has 0 radical (unpaired) electrons. The van der Waals surface area contributed by atoms with Crippen molar-refractivity contribution in [1.82, 2.24) is 15.5 Å². The van der Waals surface area contributed by atoms with Gasteiger partial charge in [-0.3, -0.25) is 4.90 Å². The Kier molecular flexibility index (Phi) is 4.35. The number of rotatable bonds is 4. The molecule has 0 aliphatic carbocycles. The molecule has 0 amide bonds. The molecule has 0 saturated carbocycles. The molecule has 0 atom stereocenters. The van der Waals surface area contributed by atoms with Crippen LogP contribution in [-0.4, -0.2) is 49.2 Å². The van der Waals surface area contributed by atoms with E-state index < -0.39 is 0 Å². The summed E-state index contributed by atoms with van der Waals surface area (Å²) >= 11 is 0. The first-order valence-electron chi connectivity index (χ1n) is 5.71. The fourth-order valence-electron chi connectivity index (χ4n) is 1.84. The average molecular weight is 199 g/mol. The Labute approximate surface area is 88.2 Å². The van der Waals surface area contributed by atoms with Crippen molar-refractivity contribution in [3.63, 3.8) is 0 Å². The Balaban J connectivity index is 2.37.